The Bertz CT molecular complexity index is 694. The fourth-order valence-corrected chi connectivity index (χ4v) is 2.35. The average Bonchev–Trinajstić information content (AvgIpc) is 2.46. The zero-order valence-corrected chi connectivity index (χ0v) is 11.3. The highest BCUT2D eigenvalue weighted by molar-refractivity contribution is 8.00. The standard InChI is InChI=1S/C14H12N4OS/c15-8-9-3-1-4-10(7-9)20-18-12-6-2-5-11(13(12)16)14(17)19/h1-7,18H,16H2,(H2,17,19). The molecule has 0 aliphatic heterocycles. The Morgan fingerprint density at radius 3 is 2.70 bits per heavy atom. The van der Waals surface area contributed by atoms with Crippen LogP contribution in [0.2, 0.25) is 0 Å². The highest BCUT2D eigenvalue weighted by Crippen LogP contribution is 2.28. The van der Waals surface area contributed by atoms with Gasteiger partial charge in [-0.25, -0.2) is 0 Å². The molecule has 0 aliphatic carbocycles. The molecule has 2 aromatic carbocycles. The zero-order chi connectivity index (χ0) is 14.5. The van der Waals surface area contributed by atoms with E-state index in [1.807, 2.05) is 6.07 Å². The fraction of sp³-hybridized carbons (Fsp3) is 0. The quantitative estimate of drug-likeness (QED) is 0.590. The molecule has 0 saturated carbocycles. The molecule has 100 valence electrons. The number of para-hydroxylation sites is 1. The van der Waals surface area contributed by atoms with Crippen LogP contribution < -0.4 is 16.2 Å². The third-order valence-electron chi connectivity index (χ3n) is 2.61. The van der Waals surface area contributed by atoms with Crippen LogP contribution in [0.15, 0.2) is 47.4 Å². The van der Waals surface area contributed by atoms with Gasteiger partial charge < -0.3 is 16.2 Å². The largest absolute Gasteiger partial charge is 0.396 e. The molecule has 1 amide bonds. The number of hydrogen-bond acceptors (Lipinski definition) is 5. The van der Waals surface area contributed by atoms with Crippen molar-refractivity contribution in [3.63, 3.8) is 0 Å². The van der Waals surface area contributed by atoms with Crippen molar-refractivity contribution >= 4 is 29.2 Å². The van der Waals surface area contributed by atoms with Gasteiger partial charge in [-0.1, -0.05) is 12.1 Å². The minimum absolute atomic E-state index is 0.279. The molecule has 5 N–H and O–H groups in total. The van der Waals surface area contributed by atoms with Crippen molar-refractivity contribution in [3.05, 3.63) is 53.6 Å². The Balaban J connectivity index is 2.17. The minimum Gasteiger partial charge on any atom is -0.396 e. The molecule has 0 atom stereocenters. The molecule has 6 heteroatoms. The molecule has 0 bridgehead atoms. The number of nitrogens with two attached hydrogens (primary N) is 2. The van der Waals surface area contributed by atoms with E-state index in [1.54, 1.807) is 36.4 Å². The lowest BCUT2D eigenvalue weighted by Gasteiger charge is -2.10. The van der Waals surface area contributed by atoms with E-state index in [4.69, 9.17) is 16.7 Å². The lowest BCUT2D eigenvalue weighted by molar-refractivity contribution is 0.100. The van der Waals surface area contributed by atoms with Gasteiger partial charge in [-0.2, -0.15) is 5.26 Å². The summed E-state index contributed by atoms with van der Waals surface area (Å²) in [5.74, 6) is -0.567. The molecule has 0 spiro atoms. The summed E-state index contributed by atoms with van der Waals surface area (Å²) in [6.45, 7) is 0. The molecular weight excluding hydrogens is 272 g/mol. The molecule has 0 radical (unpaired) electrons. The number of carbonyl (C=O) groups is 1. The summed E-state index contributed by atoms with van der Waals surface area (Å²) < 4.78 is 3.05. The summed E-state index contributed by atoms with van der Waals surface area (Å²) in [5, 5.41) is 8.84. The summed E-state index contributed by atoms with van der Waals surface area (Å²) in [7, 11) is 0. The monoisotopic (exact) mass is 284 g/mol. The number of amides is 1. The van der Waals surface area contributed by atoms with Gasteiger partial charge >= 0.3 is 0 Å². The second-order valence-corrected chi connectivity index (χ2v) is 4.85. The highest BCUT2D eigenvalue weighted by atomic mass is 32.2. The molecule has 0 saturated heterocycles. The van der Waals surface area contributed by atoms with E-state index in [0.29, 0.717) is 16.9 Å². The molecule has 0 aromatic heterocycles. The van der Waals surface area contributed by atoms with Crippen LogP contribution in [0.3, 0.4) is 0 Å². The lowest BCUT2D eigenvalue weighted by Crippen LogP contribution is -2.14. The number of anilines is 2. The van der Waals surface area contributed by atoms with Crippen molar-refractivity contribution < 1.29 is 4.79 Å². The van der Waals surface area contributed by atoms with Crippen LogP contribution in [0, 0.1) is 11.3 Å². The van der Waals surface area contributed by atoms with E-state index in [1.165, 1.54) is 11.9 Å². The SMILES string of the molecule is N#Cc1cccc(SNc2cccc(C(N)=O)c2N)c1. The first-order valence-corrected chi connectivity index (χ1v) is 6.55. The van der Waals surface area contributed by atoms with E-state index >= 15 is 0 Å². The smallest absolute Gasteiger partial charge is 0.250 e. The molecule has 2 aromatic rings. The predicted octanol–water partition coefficient (Wildman–Crippen LogP) is 2.36. The first-order chi connectivity index (χ1) is 9.61. The van der Waals surface area contributed by atoms with Crippen LogP contribution >= 0.6 is 11.9 Å². The number of hydrogen-bond donors (Lipinski definition) is 3. The van der Waals surface area contributed by atoms with E-state index in [0.717, 1.165) is 4.90 Å². The third kappa shape index (κ3) is 3.02. The van der Waals surface area contributed by atoms with Gasteiger partial charge in [0.05, 0.1) is 28.6 Å². The van der Waals surface area contributed by atoms with Gasteiger partial charge in [0.25, 0.3) is 5.91 Å². The van der Waals surface area contributed by atoms with Crippen LogP contribution in [-0.4, -0.2) is 5.91 Å². The summed E-state index contributed by atoms with van der Waals surface area (Å²) >= 11 is 1.30. The normalized spacial score (nSPS) is 9.75. The third-order valence-corrected chi connectivity index (χ3v) is 3.43. The number of rotatable bonds is 4. The number of carbonyl (C=O) groups excluding carboxylic acids is 1. The highest BCUT2D eigenvalue weighted by Gasteiger charge is 2.09. The number of nitrogens with zero attached hydrogens (tertiary/aromatic N) is 1. The second kappa shape index (κ2) is 5.99. The molecule has 0 unspecified atom stereocenters. The van der Waals surface area contributed by atoms with E-state index in [9.17, 15) is 4.79 Å². The summed E-state index contributed by atoms with van der Waals surface area (Å²) in [4.78, 5) is 12.1. The zero-order valence-electron chi connectivity index (χ0n) is 10.5. The van der Waals surface area contributed by atoms with E-state index in [2.05, 4.69) is 10.8 Å². The molecule has 0 heterocycles. The van der Waals surface area contributed by atoms with Gasteiger partial charge in [0.1, 0.15) is 0 Å². The Morgan fingerprint density at radius 1 is 1.25 bits per heavy atom. The molecule has 0 fully saturated rings. The van der Waals surface area contributed by atoms with E-state index in [-0.39, 0.29) is 5.56 Å². The molecular formula is C14H12N4OS. The number of nitrogens with one attached hydrogen (secondary N) is 1. The van der Waals surface area contributed by atoms with Crippen molar-refractivity contribution in [2.45, 2.75) is 4.90 Å². The maximum absolute atomic E-state index is 11.2. The summed E-state index contributed by atoms with van der Waals surface area (Å²) in [5.41, 5.74) is 12.9. The van der Waals surface area contributed by atoms with Crippen molar-refractivity contribution in [3.8, 4) is 6.07 Å². The van der Waals surface area contributed by atoms with Crippen LogP contribution in [0.1, 0.15) is 15.9 Å². The average molecular weight is 284 g/mol. The van der Waals surface area contributed by atoms with Crippen molar-refractivity contribution in [2.24, 2.45) is 5.73 Å². The molecule has 20 heavy (non-hydrogen) atoms. The van der Waals surface area contributed by atoms with Crippen molar-refractivity contribution in [2.75, 3.05) is 10.5 Å². The minimum atomic E-state index is -0.567. The molecule has 2 rings (SSSR count). The Hall–Kier alpha value is -2.65. The Labute approximate surface area is 120 Å². The Morgan fingerprint density at radius 2 is 2.00 bits per heavy atom. The fourth-order valence-electron chi connectivity index (χ4n) is 1.61. The number of benzene rings is 2. The topological polar surface area (TPSA) is 105 Å². The van der Waals surface area contributed by atoms with Crippen LogP contribution in [0.5, 0.6) is 0 Å². The lowest BCUT2D eigenvalue weighted by atomic mass is 10.1. The predicted molar refractivity (Wildman–Crippen MR) is 80.0 cm³/mol. The van der Waals surface area contributed by atoms with E-state index < -0.39 is 5.91 Å². The maximum Gasteiger partial charge on any atom is 0.250 e. The van der Waals surface area contributed by atoms with Gasteiger partial charge in [-0.3, -0.25) is 4.79 Å². The maximum atomic E-state index is 11.2. The van der Waals surface area contributed by atoms with Crippen molar-refractivity contribution in [1.82, 2.24) is 0 Å². The first-order valence-electron chi connectivity index (χ1n) is 5.73. The van der Waals surface area contributed by atoms with Crippen LogP contribution in [0.25, 0.3) is 0 Å². The van der Waals surface area contributed by atoms with Crippen LogP contribution in [0.4, 0.5) is 11.4 Å². The molecule has 5 nitrogen and oxygen atoms in total. The second-order valence-electron chi connectivity index (χ2n) is 3.97. The van der Waals surface area contributed by atoms with Gasteiger partial charge in [0, 0.05) is 4.90 Å². The summed E-state index contributed by atoms with van der Waals surface area (Å²) in [6.07, 6.45) is 0. The Kier molecular flexibility index (Phi) is 4.13. The van der Waals surface area contributed by atoms with Gasteiger partial charge in [-0.15, -0.1) is 0 Å². The number of nitrogen functional groups attached to an aromatic ring is 1. The van der Waals surface area contributed by atoms with Gasteiger partial charge in [0.2, 0.25) is 0 Å². The van der Waals surface area contributed by atoms with Crippen LogP contribution in [-0.2, 0) is 0 Å². The number of nitriles is 1. The molecule has 0 aliphatic rings. The van der Waals surface area contributed by atoms with Crippen molar-refractivity contribution in [1.29, 1.82) is 5.26 Å². The first kappa shape index (κ1) is 13.8. The number of primary amides is 1. The van der Waals surface area contributed by atoms with Gasteiger partial charge in [0.15, 0.2) is 0 Å². The van der Waals surface area contributed by atoms with Gasteiger partial charge in [-0.05, 0) is 42.3 Å². The summed E-state index contributed by atoms with van der Waals surface area (Å²) in [6, 6.07) is 14.2.